The van der Waals surface area contributed by atoms with Crippen molar-refractivity contribution in [3.05, 3.63) is 107 Å². The Morgan fingerprint density at radius 3 is 1.97 bits per heavy atom. The number of nitrogens with zero attached hydrogens (tertiary/aromatic N) is 1. The van der Waals surface area contributed by atoms with Gasteiger partial charge in [0, 0.05) is 27.8 Å². The Balaban J connectivity index is 1.33. The van der Waals surface area contributed by atoms with Crippen molar-refractivity contribution < 1.29 is 19.2 Å². The predicted octanol–water partition coefficient (Wildman–Crippen LogP) is 5.34. The average molecular weight is 506 g/mol. The van der Waals surface area contributed by atoms with Gasteiger partial charge in [-0.25, -0.2) is 4.90 Å². The fraction of sp³-hybridized carbons (Fsp3) is 0.161. The number of hydrogen-bond donors (Lipinski definition) is 2. The number of rotatable bonds is 6. The molecule has 190 valence electrons. The minimum atomic E-state index is -0.759. The molecule has 1 aliphatic rings. The molecule has 0 fully saturated rings. The third-order valence-electron chi connectivity index (χ3n) is 6.68. The highest BCUT2D eigenvalue weighted by Gasteiger charge is 2.34. The second-order valence-corrected chi connectivity index (χ2v) is 9.76. The summed E-state index contributed by atoms with van der Waals surface area (Å²) in [5, 5.41) is 7.16. The average Bonchev–Trinajstić information content (AvgIpc) is 2.91. The van der Waals surface area contributed by atoms with Crippen LogP contribution in [-0.4, -0.2) is 29.7 Å². The van der Waals surface area contributed by atoms with Crippen LogP contribution in [0.25, 0.3) is 10.8 Å². The molecule has 0 radical (unpaired) electrons. The Hall–Kier alpha value is -4.78. The van der Waals surface area contributed by atoms with Crippen LogP contribution < -0.4 is 15.5 Å². The van der Waals surface area contributed by atoms with Crippen LogP contribution in [0.4, 0.5) is 11.4 Å². The topological polar surface area (TPSA) is 95.6 Å². The molecular formula is C31H27N3O4. The summed E-state index contributed by atoms with van der Waals surface area (Å²) in [6, 6.07) is 23.7. The van der Waals surface area contributed by atoms with Crippen molar-refractivity contribution in [3.8, 4) is 0 Å². The largest absolute Gasteiger partial charge is 0.340 e. The highest BCUT2D eigenvalue weighted by atomic mass is 16.2. The maximum atomic E-state index is 13.3. The first-order valence-corrected chi connectivity index (χ1v) is 12.4. The smallest absolute Gasteiger partial charge is 0.265 e. The van der Waals surface area contributed by atoms with Crippen molar-refractivity contribution in [1.29, 1.82) is 0 Å². The van der Waals surface area contributed by atoms with Crippen LogP contribution in [0.1, 0.15) is 50.5 Å². The highest BCUT2D eigenvalue weighted by molar-refractivity contribution is 6.35. The van der Waals surface area contributed by atoms with Gasteiger partial charge in [0.2, 0.25) is 5.91 Å². The number of hydrogen-bond acceptors (Lipinski definition) is 4. The number of amides is 4. The summed E-state index contributed by atoms with van der Waals surface area (Å²) in [7, 11) is 0. The number of imide groups is 1. The van der Waals surface area contributed by atoms with Crippen molar-refractivity contribution in [3.63, 3.8) is 0 Å². The van der Waals surface area contributed by atoms with E-state index in [4.69, 9.17) is 0 Å². The van der Waals surface area contributed by atoms with Gasteiger partial charge in [-0.05, 0) is 66.8 Å². The first kappa shape index (κ1) is 24.9. The fourth-order valence-corrected chi connectivity index (χ4v) is 4.72. The molecule has 5 rings (SSSR count). The zero-order valence-corrected chi connectivity index (χ0v) is 21.3. The molecule has 4 aromatic rings. The van der Waals surface area contributed by atoms with E-state index in [0.717, 1.165) is 15.8 Å². The molecule has 1 heterocycles. The lowest BCUT2D eigenvalue weighted by atomic mass is 9.94. The van der Waals surface area contributed by atoms with Gasteiger partial charge in [0.15, 0.2) is 0 Å². The van der Waals surface area contributed by atoms with Crippen molar-refractivity contribution in [2.75, 3.05) is 10.2 Å². The van der Waals surface area contributed by atoms with E-state index in [9.17, 15) is 19.2 Å². The van der Waals surface area contributed by atoms with Crippen LogP contribution >= 0.6 is 0 Å². The van der Waals surface area contributed by atoms with Gasteiger partial charge < -0.3 is 10.6 Å². The third kappa shape index (κ3) is 4.54. The van der Waals surface area contributed by atoms with Gasteiger partial charge in [-0.3, -0.25) is 19.2 Å². The quantitative estimate of drug-likeness (QED) is 0.346. The van der Waals surface area contributed by atoms with E-state index >= 15 is 0 Å². The zero-order chi connectivity index (χ0) is 27.0. The van der Waals surface area contributed by atoms with E-state index in [1.54, 1.807) is 66.7 Å². The SMILES string of the molecule is Cc1cccc(C(=O)NC(C(=O)Nc2ccc(N3C(=O)c4cccc5cccc(c45)C3=O)cc2)C(C)C)c1. The van der Waals surface area contributed by atoms with Gasteiger partial charge in [-0.2, -0.15) is 0 Å². The maximum absolute atomic E-state index is 13.3. The molecule has 1 atom stereocenters. The Labute approximate surface area is 220 Å². The first-order chi connectivity index (χ1) is 18.2. The van der Waals surface area contributed by atoms with Crippen molar-refractivity contribution in [2.24, 2.45) is 5.92 Å². The van der Waals surface area contributed by atoms with Crippen molar-refractivity contribution in [2.45, 2.75) is 26.8 Å². The number of carbonyl (C=O) groups excluding carboxylic acids is 4. The first-order valence-electron chi connectivity index (χ1n) is 12.4. The summed E-state index contributed by atoms with van der Waals surface area (Å²) in [6.45, 7) is 5.61. The molecule has 0 aliphatic carbocycles. The van der Waals surface area contributed by atoms with E-state index in [1.165, 1.54) is 0 Å². The lowest BCUT2D eigenvalue weighted by Gasteiger charge is -2.27. The highest BCUT2D eigenvalue weighted by Crippen LogP contribution is 2.33. The molecule has 7 heteroatoms. The number of anilines is 2. The van der Waals surface area contributed by atoms with E-state index in [2.05, 4.69) is 10.6 Å². The van der Waals surface area contributed by atoms with E-state index in [-0.39, 0.29) is 17.7 Å². The summed E-state index contributed by atoms with van der Waals surface area (Å²) in [6.07, 6.45) is 0. The molecule has 2 N–H and O–H groups in total. The molecule has 4 aromatic carbocycles. The fourth-order valence-electron chi connectivity index (χ4n) is 4.72. The van der Waals surface area contributed by atoms with Gasteiger partial charge in [-0.15, -0.1) is 0 Å². The summed E-state index contributed by atoms with van der Waals surface area (Å²) in [5.41, 5.74) is 3.26. The molecule has 1 aliphatic heterocycles. The standard InChI is InChI=1S/C31H27N3O4/c1-18(2)27(33-28(35)21-10-4-7-19(3)17-21)29(36)32-22-13-15-23(16-14-22)34-30(37)24-11-5-8-20-9-6-12-25(26(20)24)31(34)38/h4-18,27H,1-3H3,(H,32,36)(H,33,35). The molecule has 0 bridgehead atoms. The summed E-state index contributed by atoms with van der Waals surface area (Å²) >= 11 is 0. The minimum Gasteiger partial charge on any atom is -0.340 e. The lowest BCUT2D eigenvalue weighted by Crippen LogP contribution is -2.47. The molecule has 0 saturated heterocycles. The Kier molecular flexibility index (Phi) is 6.51. The molecule has 0 saturated carbocycles. The molecule has 7 nitrogen and oxygen atoms in total. The Morgan fingerprint density at radius 1 is 0.789 bits per heavy atom. The number of benzene rings is 4. The number of aryl methyl sites for hydroxylation is 1. The molecule has 4 amide bonds. The molecule has 1 unspecified atom stereocenters. The zero-order valence-electron chi connectivity index (χ0n) is 21.3. The second kappa shape index (κ2) is 9.94. The van der Waals surface area contributed by atoms with Crippen LogP contribution in [0.5, 0.6) is 0 Å². The van der Waals surface area contributed by atoms with Gasteiger partial charge in [-0.1, -0.05) is 55.8 Å². The van der Waals surface area contributed by atoms with Gasteiger partial charge >= 0.3 is 0 Å². The number of carbonyl (C=O) groups is 4. The second-order valence-electron chi connectivity index (χ2n) is 9.76. The van der Waals surface area contributed by atoms with Crippen molar-refractivity contribution >= 4 is 45.8 Å². The molecule has 0 spiro atoms. The van der Waals surface area contributed by atoms with Crippen LogP contribution in [0.3, 0.4) is 0 Å². The lowest BCUT2D eigenvalue weighted by molar-refractivity contribution is -0.118. The maximum Gasteiger partial charge on any atom is 0.265 e. The van der Waals surface area contributed by atoms with Crippen LogP contribution in [-0.2, 0) is 4.79 Å². The van der Waals surface area contributed by atoms with Gasteiger partial charge in [0.25, 0.3) is 17.7 Å². The van der Waals surface area contributed by atoms with Gasteiger partial charge in [0.05, 0.1) is 5.69 Å². The molecule has 0 aromatic heterocycles. The normalized spacial score (nSPS) is 13.5. The van der Waals surface area contributed by atoms with E-state index < -0.39 is 17.9 Å². The monoisotopic (exact) mass is 505 g/mol. The van der Waals surface area contributed by atoms with E-state index in [1.807, 2.05) is 39.0 Å². The summed E-state index contributed by atoms with van der Waals surface area (Å²) in [5.74, 6) is -1.63. The third-order valence-corrected chi connectivity index (χ3v) is 6.68. The minimum absolute atomic E-state index is 0.158. The molecular weight excluding hydrogens is 478 g/mol. The van der Waals surface area contributed by atoms with Crippen LogP contribution in [0.2, 0.25) is 0 Å². The van der Waals surface area contributed by atoms with Gasteiger partial charge in [0.1, 0.15) is 6.04 Å². The Bertz CT molecular complexity index is 1540. The van der Waals surface area contributed by atoms with Crippen molar-refractivity contribution in [1.82, 2.24) is 5.32 Å². The number of nitrogens with one attached hydrogen (secondary N) is 2. The van der Waals surface area contributed by atoms with E-state index in [0.29, 0.717) is 33.5 Å². The predicted molar refractivity (Wildman–Crippen MR) is 147 cm³/mol. The molecule has 38 heavy (non-hydrogen) atoms. The van der Waals surface area contributed by atoms with Crippen LogP contribution in [0, 0.1) is 12.8 Å². The summed E-state index contributed by atoms with van der Waals surface area (Å²) in [4.78, 5) is 53.5. The Morgan fingerprint density at radius 2 is 1.39 bits per heavy atom. The van der Waals surface area contributed by atoms with Crippen LogP contribution in [0.15, 0.2) is 84.9 Å². The summed E-state index contributed by atoms with van der Waals surface area (Å²) < 4.78 is 0.